The fraction of sp³-hybridized carbons (Fsp3) is 0.564. The summed E-state index contributed by atoms with van der Waals surface area (Å²) in [5.74, 6) is -4.46. The number of benzene rings is 2. The van der Waals surface area contributed by atoms with E-state index in [-0.39, 0.29) is 35.9 Å². The fourth-order valence-corrected chi connectivity index (χ4v) is 6.13. The Morgan fingerprint density at radius 3 is 2.06 bits per heavy atom. The molecule has 1 N–H and O–H groups in total. The summed E-state index contributed by atoms with van der Waals surface area (Å²) < 4.78 is 11.2. The van der Waals surface area contributed by atoms with Crippen LogP contribution in [0.25, 0.3) is 0 Å². The SMILES string of the molecule is CCCCCCCCCCCCOC(=O)c1ccc(Cl)c(NC(=O)C(C(=O)C(C)(C)C)N2C(=O)C(Cc3ccccc3)C(OCC)C2=O)c1. The molecule has 0 radical (unpaired) electrons. The molecule has 268 valence electrons. The second kappa shape index (κ2) is 19.6. The van der Waals surface area contributed by atoms with Gasteiger partial charge in [-0.1, -0.05) is 127 Å². The third kappa shape index (κ3) is 11.5. The fourth-order valence-electron chi connectivity index (χ4n) is 5.96. The zero-order valence-electron chi connectivity index (χ0n) is 29.7. The van der Waals surface area contributed by atoms with Crippen LogP contribution in [-0.4, -0.2) is 59.7 Å². The van der Waals surface area contributed by atoms with E-state index in [1.807, 2.05) is 30.3 Å². The van der Waals surface area contributed by atoms with Gasteiger partial charge in [0.15, 0.2) is 11.8 Å². The van der Waals surface area contributed by atoms with Crippen molar-refractivity contribution in [2.24, 2.45) is 11.3 Å². The molecule has 3 amide bonds. The molecule has 1 aliphatic heterocycles. The first-order chi connectivity index (χ1) is 23.4. The third-order valence-corrected chi connectivity index (χ3v) is 9.06. The number of amides is 3. The van der Waals surface area contributed by atoms with E-state index in [0.29, 0.717) is 0 Å². The molecule has 2 aromatic carbocycles. The normalized spacial score (nSPS) is 16.9. The number of hydrogen-bond donors (Lipinski definition) is 1. The smallest absolute Gasteiger partial charge is 0.338 e. The highest BCUT2D eigenvalue weighted by atomic mass is 35.5. The van der Waals surface area contributed by atoms with Gasteiger partial charge in [-0.3, -0.25) is 24.1 Å². The summed E-state index contributed by atoms with van der Waals surface area (Å²) in [6, 6.07) is 11.7. The van der Waals surface area contributed by atoms with Crippen LogP contribution in [0.15, 0.2) is 48.5 Å². The number of likely N-dealkylation sites (tertiary alicyclic amines) is 1. The summed E-state index contributed by atoms with van der Waals surface area (Å²) in [6.07, 6.45) is 10.7. The maximum absolute atomic E-state index is 13.9. The summed E-state index contributed by atoms with van der Waals surface area (Å²) in [5.41, 5.74) is -0.0659. The van der Waals surface area contributed by atoms with Crippen molar-refractivity contribution in [2.45, 2.75) is 117 Å². The summed E-state index contributed by atoms with van der Waals surface area (Å²) in [5, 5.41) is 2.72. The van der Waals surface area contributed by atoms with Gasteiger partial charge >= 0.3 is 5.97 Å². The van der Waals surface area contributed by atoms with Crippen molar-refractivity contribution < 1.29 is 33.4 Å². The van der Waals surface area contributed by atoms with Crippen LogP contribution in [0.3, 0.4) is 0 Å². The molecule has 0 aliphatic carbocycles. The minimum absolute atomic E-state index is 0.0491. The molecule has 1 fully saturated rings. The zero-order chi connectivity index (χ0) is 36.0. The van der Waals surface area contributed by atoms with Crippen molar-refractivity contribution in [1.82, 2.24) is 4.90 Å². The average Bonchev–Trinajstić information content (AvgIpc) is 3.28. The third-order valence-electron chi connectivity index (χ3n) is 8.73. The molecule has 1 aliphatic rings. The molecule has 1 heterocycles. The van der Waals surface area contributed by atoms with Crippen molar-refractivity contribution >= 4 is 46.8 Å². The number of nitrogens with zero attached hydrogens (tertiary/aromatic N) is 1. The number of halogens is 1. The first kappa shape index (κ1) is 39.9. The van der Waals surface area contributed by atoms with Crippen LogP contribution in [0.5, 0.6) is 0 Å². The standard InChI is InChI=1S/C39H53ClN2O7/c1-6-8-9-10-11-12-13-14-15-19-24-49-38(47)28-22-23-30(40)31(26-28)41-35(44)32(34(43)39(3,4)5)42-36(45)29(33(37(42)46)48-7-2)25-27-20-17-16-18-21-27/h16-18,20-23,26,29,32-33H,6-15,19,24-25H2,1-5H3,(H,41,44). The Hall–Kier alpha value is -3.56. The number of esters is 1. The van der Waals surface area contributed by atoms with Gasteiger partial charge in [0.25, 0.3) is 11.8 Å². The molecule has 2 aromatic rings. The van der Waals surface area contributed by atoms with Crippen molar-refractivity contribution in [1.29, 1.82) is 0 Å². The van der Waals surface area contributed by atoms with Gasteiger partial charge in [-0.2, -0.15) is 0 Å². The summed E-state index contributed by atoms with van der Waals surface area (Å²) in [4.78, 5) is 69.0. The Morgan fingerprint density at radius 2 is 1.47 bits per heavy atom. The van der Waals surface area contributed by atoms with E-state index in [2.05, 4.69) is 12.2 Å². The van der Waals surface area contributed by atoms with E-state index >= 15 is 0 Å². The average molecular weight is 697 g/mol. The number of hydrogen-bond acceptors (Lipinski definition) is 7. The number of ketones is 1. The Morgan fingerprint density at radius 1 is 0.857 bits per heavy atom. The van der Waals surface area contributed by atoms with Gasteiger partial charge in [0.2, 0.25) is 5.91 Å². The summed E-state index contributed by atoms with van der Waals surface area (Å²) >= 11 is 6.42. The molecule has 3 rings (SSSR count). The number of ether oxygens (including phenoxy) is 2. The Kier molecular flexibility index (Phi) is 15.9. The van der Waals surface area contributed by atoms with Crippen molar-refractivity contribution in [2.75, 3.05) is 18.5 Å². The lowest BCUT2D eigenvalue weighted by molar-refractivity contribution is -0.154. The van der Waals surface area contributed by atoms with Crippen molar-refractivity contribution in [3.8, 4) is 0 Å². The van der Waals surface area contributed by atoms with Gasteiger partial charge in [-0.15, -0.1) is 0 Å². The molecule has 1 saturated heterocycles. The summed E-state index contributed by atoms with van der Waals surface area (Å²) in [6.45, 7) is 9.19. The second-order valence-electron chi connectivity index (χ2n) is 13.7. The van der Waals surface area contributed by atoms with Gasteiger partial charge in [0, 0.05) is 12.0 Å². The quantitative estimate of drug-likeness (QED) is 0.0645. The highest BCUT2D eigenvalue weighted by molar-refractivity contribution is 6.34. The second-order valence-corrected chi connectivity index (χ2v) is 14.1. The van der Waals surface area contributed by atoms with Crippen LogP contribution in [-0.2, 0) is 35.1 Å². The monoisotopic (exact) mass is 696 g/mol. The Bertz CT molecular complexity index is 1420. The van der Waals surface area contributed by atoms with Crippen LogP contribution in [0.2, 0.25) is 5.02 Å². The zero-order valence-corrected chi connectivity index (χ0v) is 30.5. The van der Waals surface area contributed by atoms with Gasteiger partial charge in [0.05, 0.1) is 28.8 Å². The lowest BCUT2D eigenvalue weighted by Gasteiger charge is -2.30. The van der Waals surface area contributed by atoms with Crippen LogP contribution in [0, 0.1) is 11.3 Å². The van der Waals surface area contributed by atoms with Crippen LogP contribution < -0.4 is 5.32 Å². The largest absolute Gasteiger partial charge is 0.462 e. The summed E-state index contributed by atoms with van der Waals surface area (Å²) in [7, 11) is 0. The molecule has 9 nitrogen and oxygen atoms in total. The van der Waals surface area contributed by atoms with Crippen LogP contribution in [0.4, 0.5) is 5.69 Å². The number of unbranched alkanes of at least 4 members (excludes halogenated alkanes) is 9. The Balaban J connectivity index is 1.70. The molecule has 49 heavy (non-hydrogen) atoms. The number of carbonyl (C=O) groups excluding carboxylic acids is 5. The molecule has 0 bridgehead atoms. The lowest BCUT2D eigenvalue weighted by Crippen LogP contribution is -2.55. The van der Waals surface area contributed by atoms with Gasteiger partial charge < -0.3 is 14.8 Å². The van der Waals surface area contributed by atoms with E-state index in [4.69, 9.17) is 21.1 Å². The minimum Gasteiger partial charge on any atom is -0.462 e. The predicted octanol–water partition coefficient (Wildman–Crippen LogP) is 7.97. The number of imide groups is 1. The van der Waals surface area contributed by atoms with Crippen molar-refractivity contribution in [3.05, 3.63) is 64.7 Å². The highest BCUT2D eigenvalue weighted by Crippen LogP contribution is 2.32. The maximum Gasteiger partial charge on any atom is 0.338 e. The minimum atomic E-state index is -1.79. The molecule has 0 saturated carbocycles. The van der Waals surface area contributed by atoms with Gasteiger partial charge in [-0.05, 0) is 43.5 Å². The predicted molar refractivity (Wildman–Crippen MR) is 191 cm³/mol. The molecule has 0 aromatic heterocycles. The topological polar surface area (TPSA) is 119 Å². The number of nitrogens with one attached hydrogen (secondary N) is 1. The highest BCUT2D eigenvalue weighted by Gasteiger charge is 2.55. The molecule has 10 heteroatoms. The number of Topliss-reactive ketones (excluding diaryl/α,β-unsaturated/α-hetero) is 1. The van der Waals surface area contributed by atoms with E-state index < -0.39 is 53.0 Å². The van der Waals surface area contributed by atoms with Gasteiger partial charge in [-0.25, -0.2) is 4.79 Å². The van der Waals surface area contributed by atoms with Crippen LogP contribution >= 0.6 is 11.6 Å². The van der Waals surface area contributed by atoms with Gasteiger partial charge in [0.1, 0.15) is 6.10 Å². The molecular weight excluding hydrogens is 644 g/mol. The first-order valence-electron chi connectivity index (χ1n) is 17.7. The Labute approximate surface area is 296 Å². The molecule has 3 unspecified atom stereocenters. The molecular formula is C39H53ClN2O7. The molecule has 3 atom stereocenters. The van der Waals surface area contributed by atoms with E-state index in [1.54, 1.807) is 27.7 Å². The lowest BCUT2D eigenvalue weighted by atomic mass is 9.85. The first-order valence-corrected chi connectivity index (χ1v) is 18.1. The van der Waals surface area contributed by atoms with E-state index in [9.17, 15) is 24.0 Å². The molecule has 0 spiro atoms. The van der Waals surface area contributed by atoms with Crippen molar-refractivity contribution in [3.63, 3.8) is 0 Å². The number of carbonyl (C=O) groups is 5. The van der Waals surface area contributed by atoms with E-state index in [0.717, 1.165) is 29.7 Å². The van der Waals surface area contributed by atoms with E-state index in [1.165, 1.54) is 63.1 Å². The van der Waals surface area contributed by atoms with Crippen LogP contribution in [0.1, 0.15) is 115 Å². The maximum atomic E-state index is 13.9. The number of anilines is 1. The number of rotatable bonds is 20.